The maximum absolute atomic E-state index is 13.7. The highest BCUT2D eigenvalue weighted by Crippen LogP contribution is 2.22. The minimum Gasteiger partial charge on any atom is -0.394 e. The van der Waals surface area contributed by atoms with Crippen LogP contribution in [0.15, 0.2) is 17.0 Å². The van der Waals surface area contributed by atoms with Gasteiger partial charge in [-0.15, -0.1) is 0 Å². The van der Waals surface area contributed by atoms with Crippen LogP contribution in [0.2, 0.25) is 0 Å². The predicted molar refractivity (Wildman–Crippen MR) is 73.7 cm³/mol. The summed E-state index contributed by atoms with van der Waals surface area (Å²) in [6, 6.07) is 1.69. The van der Waals surface area contributed by atoms with E-state index in [1.165, 1.54) is 0 Å². The number of sulfonamides is 1. The Hall–Kier alpha value is -1.25. The Bertz CT molecular complexity index is 560. The van der Waals surface area contributed by atoms with Gasteiger partial charge in [0.1, 0.15) is 16.4 Å². The second-order valence-corrected chi connectivity index (χ2v) is 5.93. The number of hydrogen-bond donors (Lipinski definition) is 2. The van der Waals surface area contributed by atoms with Gasteiger partial charge in [0, 0.05) is 13.1 Å². The van der Waals surface area contributed by atoms with Crippen molar-refractivity contribution in [3.05, 3.63) is 23.8 Å². The minimum atomic E-state index is -4.04. The summed E-state index contributed by atoms with van der Waals surface area (Å²) < 4.78 is 52.8. The summed E-state index contributed by atoms with van der Waals surface area (Å²) in [5, 5.41) is 0. The van der Waals surface area contributed by atoms with Crippen molar-refractivity contribution >= 4 is 15.7 Å². The van der Waals surface area contributed by atoms with Gasteiger partial charge in [0.25, 0.3) is 0 Å². The van der Waals surface area contributed by atoms with E-state index in [0.29, 0.717) is 6.54 Å². The molecule has 0 aliphatic carbocycles. The number of nitrogens with two attached hydrogens (primary N) is 1. The number of rotatable bonds is 7. The summed E-state index contributed by atoms with van der Waals surface area (Å²) >= 11 is 0. The van der Waals surface area contributed by atoms with Crippen LogP contribution in [0.1, 0.15) is 13.8 Å². The Balaban J connectivity index is 2.82. The molecule has 8 heteroatoms. The van der Waals surface area contributed by atoms with Gasteiger partial charge in [0.05, 0.1) is 0 Å². The quantitative estimate of drug-likeness (QED) is 0.742. The molecular weight excluding hydrogens is 288 g/mol. The number of likely N-dealkylation sites (N-methyl/N-ethyl adjacent to an activating group) is 1. The molecule has 0 amide bonds. The normalized spacial score (nSPS) is 12.1. The number of halogens is 2. The average Bonchev–Trinajstić information content (AvgIpc) is 2.40. The standard InChI is InChI=1S/C12H19F2N3O2S/c1-3-17(4-2)8-7-16-20(18,19)10-6-5-9(13)12(15)11(10)14/h5-6,16H,3-4,7-8,15H2,1-2H3. The molecule has 0 fully saturated rings. The van der Waals surface area contributed by atoms with Crippen molar-refractivity contribution in [1.82, 2.24) is 9.62 Å². The molecule has 0 radical (unpaired) electrons. The van der Waals surface area contributed by atoms with Gasteiger partial charge in [0.2, 0.25) is 10.0 Å². The first kappa shape index (κ1) is 16.8. The van der Waals surface area contributed by atoms with E-state index in [1.807, 2.05) is 18.7 Å². The number of anilines is 1. The first-order valence-electron chi connectivity index (χ1n) is 6.29. The molecule has 0 heterocycles. The van der Waals surface area contributed by atoms with Crippen molar-refractivity contribution in [3.8, 4) is 0 Å². The monoisotopic (exact) mass is 307 g/mol. The van der Waals surface area contributed by atoms with E-state index in [2.05, 4.69) is 4.72 Å². The summed E-state index contributed by atoms with van der Waals surface area (Å²) in [5.74, 6) is -2.25. The largest absolute Gasteiger partial charge is 0.394 e. The molecule has 3 N–H and O–H groups in total. The maximum atomic E-state index is 13.7. The van der Waals surface area contributed by atoms with Crippen molar-refractivity contribution in [2.24, 2.45) is 0 Å². The van der Waals surface area contributed by atoms with E-state index in [0.717, 1.165) is 25.2 Å². The highest BCUT2D eigenvalue weighted by molar-refractivity contribution is 7.89. The summed E-state index contributed by atoms with van der Waals surface area (Å²) in [6.07, 6.45) is 0. The molecule has 0 aliphatic heterocycles. The molecule has 0 saturated heterocycles. The van der Waals surface area contributed by atoms with Crippen LogP contribution in [0.4, 0.5) is 14.5 Å². The van der Waals surface area contributed by atoms with Gasteiger partial charge in [0.15, 0.2) is 5.82 Å². The van der Waals surface area contributed by atoms with E-state index < -0.39 is 32.2 Å². The molecule has 0 spiro atoms. The molecule has 20 heavy (non-hydrogen) atoms. The molecule has 0 bridgehead atoms. The first-order valence-corrected chi connectivity index (χ1v) is 7.77. The molecule has 0 unspecified atom stereocenters. The van der Waals surface area contributed by atoms with Gasteiger partial charge in [-0.25, -0.2) is 21.9 Å². The highest BCUT2D eigenvalue weighted by Gasteiger charge is 2.22. The first-order chi connectivity index (χ1) is 9.33. The third kappa shape index (κ3) is 3.87. The summed E-state index contributed by atoms with van der Waals surface area (Å²) in [4.78, 5) is 1.37. The number of hydrogen-bond acceptors (Lipinski definition) is 4. The second kappa shape index (κ2) is 6.96. The molecule has 1 aromatic carbocycles. The van der Waals surface area contributed by atoms with Crippen LogP contribution in [0.3, 0.4) is 0 Å². The molecular formula is C12H19F2N3O2S. The van der Waals surface area contributed by atoms with Crippen molar-refractivity contribution in [2.45, 2.75) is 18.7 Å². The molecule has 0 saturated carbocycles. The Kier molecular flexibility index (Phi) is 5.85. The molecule has 0 aliphatic rings. The molecule has 1 aromatic rings. The van der Waals surface area contributed by atoms with E-state index in [-0.39, 0.29) is 6.54 Å². The van der Waals surface area contributed by atoms with Crippen molar-refractivity contribution in [2.75, 3.05) is 31.9 Å². The maximum Gasteiger partial charge on any atom is 0.243 e. The summed E-state index contributed by atoms with van der Waals surface area (Å²) in [6.45, 7) is 6.13. The van der Waals surface area contributed by atoms with Crippen molar-refractivity contribution < 1.29 is 17.2 Å². The fraction of sp³-hybridized carbons (Fsp3) is 0.500. The topological polar surface area (TPSA) is 75.4 Å². The van der Waals surface area contributed by atoms with Crippen LogP contribution in [-0.2, 0) is 10.0 Å². The van der Waals surface area contributed by atoms with E-state index >= 15 is 0 Å². The number of nitrogens with zero attached hydrogens (tertiary/aromatic N) is 1. The number of nitrogens with one attached hydrogen (secondary N) is 1. The zero-order chi connectivity index (χ0) is 15.3. The molecule has 0 atom stereocenters. The highest BCUT2D eigenvalue weighted by atomic mass is 32.2. The van der Waals surface area contributed by atoms with Crippen molar-refractivity contribution in [1.29, 1.82) is 0 Å². The van der Waals surface area contributed by atoms with Crippen LogP contribution >= 0.6 is 0 Å². The van der Waals surface area contributed by atoms with Gasteiger partial charge in [-0.05, 0) is 25.2 Å². The SMILES string of the molecule is CCN(CC)CCNS(=O)(=O)c1ccc(F)c(N)c1F. The fourth-order valence-corrected chi connectivity index (χ4v) is 2.82. The number of nitrogen functional groups attached to an aromatic ring is 1. The zero-order valence-electron chi connectivity index (χ0n) is 11.5. The van der Waals surface area contributed by atoms with Gasteiger partial charge in [-0.2, -0.15) is 0 Å². The van der Waals surface area contributed by atoms with E-state index in [4.69, 9.17) is 5.73 Å². The second-order valence-electron chi connectivity index (χ2n) is 4.20. The third-order valence-corrected chi connectivity index (χ3v) is 4.47. The van der Waals surface area contributed by atoms with Gasteiger partial charge in [-0.3, -0.25) is 0 Å². The third-order valence-electron chi connectivity index (χ3n) is 3.00. The predicted octanol–water partition coefficient (Wildman–Crippen LogP) is 1.17. The van der Waals surface area contributed by atoms with Gasteiger partial charge < -0.3 is 10.6 Å². The molecule has 1 rings (SSSR count). The van der Waals surface area contributed by atoms with Crippen LogP contribution in [-0.4, -0.2) is 39.5 Å². The lowest BCUT2D eigenvalue weighted by atomic mass is 10.3. The number of benzene rings is 1. The fourth-order valence-electron chi connectivity index (χ4n) is 1.71. The average molecular weight is 307 g/mol. The molecule has 0 aromatic heterocycles. The zero-order valence-corrected chi connectivity index (χ0v) is 12.3. The summed E-state index contributed by atoms with van der Waals surface area (Å²) in [7, 11) is -4.04. The summed E-state index contributed by atoms with van der Waals surface area (Å²) in [5.41, 5.74) is 4.35. The van der Waals surface area contributed by atoms with Crippen LogP contribution < -0.4 is 10.5 Å². The Morgan fingerprint density at radius 2 is 1.85 bits per heavy atom. The Morgan fingerprint density at radius 3 is 2.40 bits per heavy atom. The van der Waals surface area contributed by atoms with Crippen LogP contribution in [0, 0.1) is 11.6 Å². The lowest BCUT2D eigenvalue weighted by Gasteiger charge is -2.18. The Labute approximate surface area is 117 Å². The van der Waals surface area contributed by atoms with Crippen molar-refractivity contribution in [3.63, 3.8) is 0 Å². The van der Waals surface area contributed by atoms with Gasteiger partial charge >= 0.3 is 0 Å². The molecule has 5 nitrogen and oxygen atoms in total. The van der Waals surface area contributed by atoms with Crippen LogP contribution in [0.5, 0.6) is 0 Å². The van der Waals surface area contributed by atoms with Gasteiger partial charge in [-0.1, -0.05) is 13.8 Å². The Morgan fingerprint density at radius 1 is 1.25 bits per heavy atom. The lowest BCUT2D eigenvalue weighted by Crippen LogP contribution is -2.35. The van der Waals surface area contributed by atoms with E-state index in [9.17, 15) is 17.2 Å². The molecule has 114 valence electrons. The lowest BCUT2D eigenvalue weighted by molar-refractivity contribution is 0.309. The minimum absolute atomic E-state index is 0.140. The van der Waals surface area contributed by atoms with E-state index in [1.54, 1.807) is 0 Å². The van der Waals surface area contributed by atoms with Crippen LogP contribution in [0.25, 0.3) is 0 Å². The smallest absolute Gasteiger partial charge is 0.243 e.